The topological polar surface area (TPSA) is 43.1 Å². The van der Waals surface area contributed by atoms with E-state index in [9.17, 15) is 4.79 Å². The Morgan fingerprint density at radius 2 is 1.95 bits per heavy atom. The Balaban J connectivity index is 1.83. The summed E-state index contributed by atoms with van der Waals surface area (Å²) in [4.78, 5) is 13.1. The lowest BCUT2D eigenvalue weighted by Crippen LogP contribution is -2.41. The molecule has 0 aromatic heterocycles. The summed E-state index contributed by atoms with van der Waals surface area (Å²) in [6.45, 7) is 2.77. The summed E-state index contributed by atoms with van der Waals surface area (Å²) >= 11 is 0. The van der Waals surface area contributed by atoms with Gasteiger partial charge >= 0.3 is 0 Å². The van der Waals surface area contributed by atoms with Gasteiger partial charge < -0.3 is 5.73 Å². The molecule has 0 heterocycles. The molecule has 2 fully saturated rings. The molecule has 0 aliphatic heterocycles. The third-order valence-electron chi connectivity index (χ3n) is 5.83. The molecule has 21 heavy (non-hydrogen) atoms. The molecule has 0 atom stereocenters. The van der Waals surface area contributed by atoms with Gasteiger partial charge in [-0.1, -0.05) is 31.5 Å². The second-order valence-electron chi connectivity index (χ2n) is 7.25. The summed E-state index contributed by atoms with van der Waals surface area (Å²) in [5.74, 6) is 1.70. The van der Waals surface area contributed by atoms with Crippen molar-refractivity contribution in [3.05, 3.63) is 35.4 Å². The van der Waals surface area contributed by atoms with E-state index in [1.807, 2.05) is 6.07 Å². The molecule has 0 radical (unpaired) electrons. The van der Waals surface area contributed by atoms with Gasteiger partial charge in [-0.2, -0.15) is 0 Å². The molecule has 2 aliphatic rings. The van der Waals surface area contributed by atoms with E-state index in [0.717, 1.165) is 37.2 Å². The first-order valence-corrected chi connectivity index (χ1v) is 8.49. The van der Waals surface area contributed by atoms with E-state index < -0.39 is 0 Å². The highest BCUT2D eigenvalue weighted by molar-refractivity contribution is 6.01. The second-order valence-corrected chi connectivity index (χ2v) is 7.25. The molecule has 1 aromatic rings. The number of hydrogen-bond acceptors (Lipinski definition) is 2. The summed E-state index contributed by atoms with van der Waals surface area (Å²) in [5, 5.41) is 0. The summed E-state index contributed by atoms with van der Waals surface area (Å²) in [7, 11) is 0. The Hall–Kier alpha value is -1.15. The SMILES string of the molecule is CC1CCC(CN)(C(=O)c2cccc(C3CCC3)c2)CC1. The molecule has 2 nitrogen and oxygen atoms in total. The zero-order valence-corrected chi connectivity index (χ0v) is 13.1. The van der Waals surface area contributed by atoms with Crippen LogP contribution in [0.15, 0.2) is 24.3 Å². The summed E-state index contributed by atoms with van der Waals surface area (Å²) in [6.07, 6.45) is 8.05. The van der Waals surface area contributed by atoms with Crippen molar-refractivity contribution in [1.82, 2.24) is 0 Å². The van der Waals surface area contributed by atoms with Crippen LogP contribution in [0, 0.1) is 11.3 Å². The minimum absolute atomic E-state index is 0.290. The lowest BCUT2D eigenvalue weighted by Gasteiger charge is -2.37. The molecule has 3 rings (SSSR count). The number of rotatable bonds is 4. The highest BCUT2D eigenvalue weighted by Crippen LogP contribution is 2.42. The molecule has 0 saturated heterocycles. The van der Waals surface area contributed by atoms with Crippen molar-refractivity contribution in [2.24, 2.45) is 17.1 Å². The number of carbonyl (C=O) groups excluding carboxylic acids is 1. The smallest absolute Gasteiger partial charge is 0.170 e. The lowest BCUT2D eigenvalue weighted by atomic mass is 9.67. The first kappa shape index (κ1) is 14.8. The zero-order chi connectivity index (χ0) is 14.9. The van der Waals surface area contributed by atoms with E-state index in [1.165, 1.54) is 24.8 Å². The Labute approximate surface area is 128 Å². The van der Waals surface area contributed by atoms with E-state index in [2.05, 4.69) is 25.1 Å². The molecule has 114 valence electrons. The quantitative estimate of drug-likeness (QED) is 0.838. The fourth-order valence-corrected chi connectivity index (χ4v) is 3.82. The average molecular weight is 285 g/mol. The van der Waals surface area contributed by atoms with Gasteiger partial charge in [-0.3, -0.25) is 4.79 Å². The normalized spacial score (nSPS) is 29.9. The molecule has 0 amide bonds. The van der Waals surface area contributed by atoms with Crippen LogP contribution >= 0.6 is 0 Å². The van der Waals surface area contributed by atoms with Crippen LogP contribution in [-0.2, 0) is 0 Å². The van der Waals surface area contributed by atoms with Crippen molar-refractivity contribution in [1.29, 1.82) is 0 Å². The second kappa shape index (κ2) is 5.92. The van der Waals surface area contributed by atoms with Gasteiger partial charge in [0.25, 0.3) is 0 Å². The number of ketones is 1. The molecule has 1 aromatic carbocycles. The zero-order valence-electron chi connectivity index (χ0n) is 13.1. The van der Waals surface area contributed by atoms with Crippen molar-refractivity contribution >= 4 is 5.78 Å². The summed E-state index contributed by atoms with van der Waals surface area (Å²) in [5.41, 5.74) is 7.97. The summed E-state index contributed by atoms with van der Waals surface area (Å²) < 4.78 is 0. The Morgan fingerprint density at radius 3 is 2.52 bits per heavy atom. The van der Waals surface area contributed by atoms with Crippen LogP contribution in [0.3, 0.4) is 0 Å². The van der Waals surface area contributed by atoms with E-state index in [0.29, 0.717) is 12.5 Å². The third kappa shape index (κ3) is 2.78. The molecule has 0 spiro atoms. The van der Waals surface area contributed by atoms with E-state index in [4.69, 9.17) is 5.73 Å². The van der Waals surface area contributed by atoms with Gasteiger partial charge in [0.05, 0.1) is 0 Å². The van der Waals surface area contributed by atoms with Gasteiger partial charge in [0.2, 0.25) is 0 Å². The van der Waals surface area contributed by atoms with Crippen molar-refractivity contribution in [2.75, 3.05) is 6.54 Å². The Kier molecular flexibility index (Phi) is 4.17. The van der Waals surface area contributed by atoms with Crippen LogP contribution in [0.2, 0.25) is 0 Å². The third-order valence-corrected chi connectivity index (χ3v) is 5.83. The fourth-order valence-electron chi connectivity index (χ4n) is 3.82. The number of carbonyl (C=O) groups is 1. The Bertz CT molecular complexity index is 510. The lowest BCUT2D eigenvalue weighted by molar-refractivity contribution is 0.0695. The number of benzene rings is 1. The van der Waals surface area contributed by atoms with Crippen LogP contribution in [0.25, 0.3) is 0 Å². The predicted octanol–water partition coefficient (Wildman–Crippen LogP) is 4.29. The fraction of sp³-hybridized carbons (Fsp3) is 0.632. The monoisotopic (exact) mass is 285 g/mol. The molecular weight excluding hydrogens is 258 g/mol. The van der Waals surface area contributed by atoms with Crippen LogP contribution in [0.1, 0.15) is 73.7 Å². The molecule has 0 unspecified atom stereocenters. The standard InChI is InChI=1S/C19H27NO/c1-14-8-10-19(13-20,11-9-14)18(21)17-7-3-6-16(12-17)15-4-2-5-15/h3,6-7,12,14-15H,2,4-5,8-11,13,20H2,1H3. The van der Waals surface area contributed by atoms with Crippen LogP contribution in [0.4, 0.5) is 0 Å². The van der Waals surface area contributed by atoms with E-state index in [-0.39, 0.29) is 11.2 Å². The molecule has 2 saturated carbocycles. The van der Waals surface area contributed by atoms with E-state index in [1.54, 1.807) is 0 Å². The largest absolute Gasteiger partial charge is 0.329 e. The van der Waals surface area contributed by atoms with Crippen molar-refractivity contribution in [3.8, 4) is 0 Å². The van der Waals surface area contributed by atoms with Gasteiger partial charge in [0, 0.05) is 17.5 Å². The molecular formula is C19H27NO. The van der Waals surface area contributed by atoms with Crippen LogP contribution < -0.4 is 5.73 Å². The first-order chi connectivity index (χ1) is 10.1. The van der Waals surface area contributed by atoms with Crippen molar-refractivity contribution in [3.63, 3.8) is 0 Å². The van der Waals surface area contributed by atoms with Crippen molar-refractivity contribution < 1.29 is 4.79 Å². The van der Waals surface area contributed by atoms with Gasteiger partial charge in [-0.25, -0.2) is 0 Å². The highest BCUT2D eigenvalue weighted by atomic mass is 16.1. The number of Topliss-reactive ketones (excluding diaryl/α,β-unsaturated/α-hetero) is 1. The Morgan fingerprint density at radius 1 is 1.24 bits per heavy atom. The van der Waals surface area contributed by atoms with Crippen molar-refractivity contribution in [2.45, 2.75) is 57.8 Å². The van der Waals surface area contributed by atoms with Gasteiger partial charge in [0.1, 0.15) is 0 Å². The first-order valence-electron chi connectivity index (χ1n) is 8.49. The van der Waals surface area contributed by atoms with Gasteiger partial charge in [-0.05, 0) is 62.0 Å². The maximum absolute atomic E-state index is 13.1. The minimum Gasteiger partial charge on any atom is -0.329 e. The maximum Gasteiger partial charge on any atom is 0.170 e. The molecule has 2 heteroatoms. The number of nitrogens with two attached hydrogens (primary N) is 1. The summed E-state index contributed by atoms with van der Waals surface area (Å²) in [6, 6.07) is 8.36. The molecule has 2 aliphatic carbocycles. The minimum atomic E-state index is -0.301. The maximum atomic E-state index is 13.1. The number of hydrogen-bond donors (Lipinski definition) is 1. The van der Waals surface area contributed by atoms with Gasteiger partial charge in [0.15, 0.2) is 5.78 Å². The molecule has 2 N–H and O–H groups in total. The average Bonchev–Trinajstić information content (AvgIpc) is 2.46. The highest BCUT2D eigenvalue weighted by Gasteiger charge is 2.40. The van der Waals surface area contributed by atoms with Gasteiger partial charge in [-0.15, -0.1) is 0 Å². The molecule has 0 bridgehead atoms. The predicted molar refractivity (Wildman–Crippen MR) is 86.5 cm³/mol. The van der Waals surface area contributed by atoms with Crippen LogP contribution in [0.5, 0.6) is 0 Å². The van der Waals surface area contributed by atoms with Crippen LogP contribution in [-0.4, -0.2) is 12.3 Å². The van der Waals surface area contributed by atoms with E-state index >= 15 is 0 Å².